The summed E-state index contributed by atoms with van der Waals surface area (Å²) in [5.74, 6) is 1.26. The molecule has 0 radical (unpaired) electrons. The van der Waals surface area contributed by atoms with E-state index in [0.29, 0.717) is 12.3 Å². The van der Waals surface area contributed by atoms with Gasteiger partial charge in [-0.3, -0.25) is 4.79 Å². The summed E-state index contributed by atoms with van der Waals surface area (Å²) in [4.78, 5) is 12.5. The van der Waals surface area contributed by atoms with Gasteiger partial charge in [-0.15, -0.1) is 23.2 Å². The molecule has 0 spiro atoms. The zero-order chi connectivity index (χ0) is 15.3. The molecule has 0 bridgehead atoms. The molecule has 1 aromatic carbocycles. The highest BCUT2D eigenvalue weighted by atomic mass is 35.5. The minimum absolute atomic E-state index is 0.0324. The lowest BCUT2D eigenvalue weighted by Crippen LogP contribution is -2.37. The summed E-state index contributed by atoms with van der Waals surface area (Å²) in [5.41, 5.74) is 0.432. The molecule has 2 unspecified atom stereocenters. The van der Waals surface area contributed by atoms with E-state index in [0.717, 1.165) is 24.2 Å². The molecule has 0 aliphatic heterocycles. The van der Waals surface area contributed by atoms with Crippen LogP contribution in [0.25, 0.3) is 0 Å². The average Bonchev–Trinajstić information content (AvgIpc) is 3.35. The fourth-order valence-electron chi connectivity index (χ4n) is 2.66. The van der Waals surface area contributed by atoms with Crippen molar-refractivity contribution in [3.05, 3.63) is 29.8 Å². The number of carbonyl (C=O) groups is 1. The third kappa shape index (κ3) is 2.74. The van der Waals surface area contributed by atoms with Gasteiger partial charge in [0, 0.05) is 0 Å². The third-order valence-corrected chi connectivity index (χ3v) is 5.72. The van der Waals surface area contributed by atoms with Crippen molar-refractivity contribution in [2.45, 2.75) is 36.6 Å². The van der Waals surface area contributed by atoms with Gasteiger partial charge in [0.1, 0.15) is 10.1 Å². The van der Waals surface area contributed by atoms with Gasteiger partial charge >= 0.3 is 0 Å². The van der Waals surface area contributed by atoms with Crippen LogP contribution < -0.4 is 10.1 Å². The molecule has 3 nitrogen and oxygen atoms in total. The Labute approximate surface area is 135 Å². The van der Waals surface area contributed by atoms with Gasteiger partial charge in [-0.05, 0) is 49.8 Å². The fourth-order valence-corrected chi connectivity index (χ4v) is 3.37. The number of halogens is 2. The van der Waals surface area contributed by atoms with Crippen molar-refractivity contribution < 1.29 is 9.53 Å². The van der Waals surface area contributed by atoms with Gasteiger partial charge in [-0.25, -0.2) is 0 Å². The van der Waals surface area contributed by atoms with E-state index >= 15 is 0 Å². The Hall–Kier alpha value is -0.930. The van der Waals surface area contributed by atoms with E-state index in [1.54, 1.807) is 7.11 Å². The lowest BCUT2D eigenvalue weighted by molar-refractivity contribution is -0.126. The molecule has 5 heteroatoms. The van der Waals surface area contributed by atoms with Crippen LogP contribution >= 0.6 is 23.2 Å². The molecule has 2 aliphatic carbocycles. The maximum absolute atomic E-state index is 12.5. The van der Waals surface area contributed by atoms with Gasteiger partial charge in [-0.2, -0.15) is 0 Å². The largest absolute Gasteiger partial charge is 0.497 e. The highest BCUT2D eigenvalue weighted by Crippen LogP contribution is 2.64. The Morgan fingerprint density at radius 3 is 2.33 bits per heavy atom. The first-order valence-corrected chi connectivity index (χ1v) is 7.96. The van der Waals surface area contributed by atoms with E-state index < -0.39 is 9.75 Å². The number of methoxy groups -OCH3 is 1. The van der Waals surface area contributed by atoms with Crippen LogP contribution in [0.4, 0.5) is 0 Å². The minimum atomic E-state index is -0.926. The third-order valence-electron chi connectivity index (χ3n) is 4.61. The zero-order valence-electron chi connectivity index (χ0n) is 12.2. The standard InChI is InChI=1S/C16H19Cl2NO2/c1-15(9-16(15,17)18)14(20)19-13(10-3-4-10)11-5-7-12(21-2)8-6-11/h5-8,10,13H,3-4,9H2,1-2H3,(H,19,20). The second-order valence-electron chi connectivity index (χ2n) is 6.28. The highest BCUT2D eigenvalue weighted by molar-refractivity contribution is 6.53. The first-order valence-electron chi connectivity index (χ1n) is 7.20. The predicted molar refractivity (Wildman–Crippen MR) is 83.8 cm³/mol. The van der Waals surface area contributed by atoms with Crippen molar-refractivity contribution in [2.75, 3.05) is 7.11 Å². The van der Waals surface area contributed by atoms with Crippen molar-refractivity contribution in [1.29, 1.82) is 0 Å². The SMILES string of the molecule is COc1ccc(C(NC(=O)C2(C)CC2(Cl)Cl)C2CC2)cc1. The molecule has 1 amide bonds. The molecule has 0 heterocycles. The summed E-state index contributed by atoms with van der Waals surface area (Å²) in [5, 5.41) is 3.14. The molecule has 1 aromatic rings. The topological polar surface area (TPSA) is 38.3 Å². The van der Waals surface area contributed by atoms with Crippen LogP contribution in [0.5, 0.6) is 5.75 Å². The second kappa shape index (κ2) is 5.06. The average molecular weight is 328 g/mol. The summed E-state index contributed by atoms with van der Waals surface area (Å²) in [7, 11) is 1.64. The Morgan fingerprint density at radius 2 is 1.90 bits per heavy atom. The lowest BCUT2D eigenvalue weighted by Gasteiger charge is -2.22. The number of benzene rings is 1. The molecule has 114 valence electrons. The molecule has 3 rings (SSSR count). The molecule has 0 saturated heterocycles. The number of alkyl halides is 2. The molecule has 21 heavy (non-hydrogen) atoms. The van der Waals surface area contributed by atoms with Gasteiger partial charge in [0.05, 0.1) is 18.6 Å². The van der Waals surface area contributed by atoms with Crippen LogP contribution in [-0.2, 0) is 4.79 Å². The van der Waals surface area contributed by atoms with Crippen LogP contribution in [0.2, 0.25) is 0 Å². The molecule has 2 aliphatic rings. The molecule has 2 fully saturated rings. The number of ether oxygens (including phenoxy) is 1. The van der Waals surface area contributed by atoms with Crippen LogP contribution in [0, 0.1) is 11.3 Å². The van der Waals surface area contributed by atoms with E-state index in [1.165, 1.54) is 0 Å². The smallest absolute Gasteiger partial charge is 0.229 e. The second-order valence-corrected chi connectivity index (χ2v) is 7.76. The number of rotatable bonds is 5. The van der Waals surface area contributed by atoms with Gasteiger partial charge in [0.15, 0.2) is 0 Å². The summed E-state index contributed by atoms with van der Waals surface area (Å²) < 4.78 is 4.25. The Balaban J connectivity index is 1.75. The molecule has 2 atom stereocenters. The van der Waals surface area contributed by atoms with Crippen molar-refractivity contribution in [1.82, 2.24) is 5.32 Å². The van der Waals surface area contributed by atoms with Gasteiger partial charge in [-0.1, -0.05) is 12.1 Å². The highest BCUT2D eigenvalue weighted by Gasteiger charge is 2.68. The number of carbonyl (C=O) groups excluding carboxylic acids is 1. The van der Waals surface area contributed by atoms with Gasteiger partial charge in [0.25, 0.3) is 0 Å². The minimum Gasteiger partial charge on any atom is -0.497 e. The van der Waals surface area contributed by atoms with Crippen molar-refractivity contribution in [3.63, 3.8) is 0 Å². The summed E-state index contributed by atoms with van der Waals surface area (Å²) >= 11 is 12.2. The first kappa shape index (κ1) is 15.0. The van der Waals surface area contributed by atoms with Gasteiger partial charge in [0.2, 0.25) is 5.91 Å². The maximum Gasteiger partial charge on any atom is 0.229 e. The van der Waals surface area contributed by atoms with Gasteiger partial charge < -0.3 is 10.1 Å². The van der Waals surface area contributed by atoms with E-state index in [1.807, 2.05) is 31.2 Å². The normalized spacial score (nSPS) is 27.8. The number of hydrogen-bond acceptors (Lipinski definition) is 2. The first-order chi connectivity index (χ1) is 9.87. The zero-order valence-corrected chi connectivity index (χ0v) is 13.7. The summed E-state index contributed by atoms with van der Waals surface area (Å²) in [6, 6.07) is 7.88. The Bertz CT molecular complexity index is 554. The molecular formula is C16H19Cl2NO2. The number of amides is 1. The van der Waals surface area contributed by atoms with E-state index in [9.17, 15) is 4.79 Å². The Kier molecular flexibility index (Phi) is 3.61. The van der Waals surface area contributed by atoms with Crippen LogP contribution in [0.1, 0.15) is 37.8 Å². The quantitative estimate of drug-likeness (QED) is 0.834. The lowest BCUT2D eigenvalue weighted by atomic mass is 10.0. The molecule has 0 aromatic heterocycles. The molecular weight excluding hydrogens is 309 g/mol. The van der Waals surface area contributed by atoms with Crippen LogP contribution in [-0.4, -0.2) is 17.4 Å². The molecule has 2 saturated carbocycles. The fraction of sp³-hybridized carbons (Fsp3) is 0.562. The van der Waals surface area contributed by atoms with Crippen molar-refractivity contribution in [3.8, 4) is 5.75 Å². The van der Waals surface area contributed by atoms with E-state index in [4.69, 9.17) is 27.9 Å². The van der Waals surface area contributed by atoms with Crippen molar-refractivity contribution in [2.24, 2.45) is 11.3 Å². The summed E-state index contributed by atoms with van der Waals surface area (Å²) in [6.07, 6.45) is 2.79. The number of nitrogens with one attached hydrogen (secondary N) is 1. The maximum atomic E-state index is 12.5. The van der Waals surface area contributed by atoms with E-state index in [-0.39, 0.29) is 11.9 Å². The van der Waals surface area contributed by atoms with Crippen LogP contribution in [0.3, 0.4) is 0 Å². The van der Waals surface area contributed by atoms with E-state index in [2.05, 4.69) is 5.32 Å². The monoisotopic (exact) mass is 327 g/mol. The van der Waals surface area contributed by atoms with Crippen LogP contribution in [0.15, 0.2) is 24.3 Å². The summed E-state index contributed by atoms with van der Waals surface area (Å²) in [6.45, 7) is 1.82. The van der Waals surface area contributed by atoms with Crippen molar-refractivity contribution >= 4 is 29.1 Å². The predicted octanol–water partition coefficient (Wildman–Crippen LogP) is 3.85. The number of hydrogen-bond donors (Lipinski definition) is 1. The Morgan fingerprint density at radius 1 is 1.33 bits per heavy atom. The molecule has 1 N–H and O–H groups in total.